The largest absolute Gasteiger partial charge is 0.313 e. The quantitative estimate of drug-likeness (QED) is 0.752. The average molecular weight is 199 g/mol. The molecule has 1 saturated heterocycles. The highest BCUT2D eigenvalue weighted by atomic mass is 16.5. The third-order valence-corrected chi connectivity index (χ3v) is 3.77. The van der Waals surface area contributed by atoms with E-state index in [1.165, 1.54) is 19.3 Å². The first-order chi connectivity index (χ1) is 6.32. The van der Waals surface area contributed by atoms with E-state index in [4.69, 9.17) is 0 Å². The molecule has 1 unspecified atom stereocenters. The Kier molecular flexibility index (Phi) is 3.27. The van der Waals surface area contributed by atoms with Gasteiger partial charge in [-0.25, -0.2) is 0 Å². The molecule has 0 amide bonds. The molecule has 0 radical (unpaired) electrons. The van der Waals surface area contributed by atoms with Gasteiger partial charge in [-0.3, -0.25) is 0 Å². The summed E-state index contributed by atoms with van der Waals surface area (Å²) in [5.74, 6) is 0.627. The van der Waals surface area contributed by atoms with Crippen LogP contribution in [0.1, 0.15) is 60.3 Å². The average Bonchev–Trinajstić information content (AvgIpc) is 2.23. The molecule has 1 N–H and O–H groups in total. The molecule has 1 aliphatic heterocycles. The zero-order valence-corrected chi connectivity index (χ0v) is 10.3. The Morgan fingerprint density at radius 1 is 1.29 bits per heavy atom. The zero-order valence-electron chi connectivity index (χ0n) is 10.3. The van der Waals surface area contributed by atoms with E-state index in [0.717, 1.165) is 6.42 Å². The Balaban J connectivity index is 2.70. The maximum absolute atomic E-state index is 10.1. The second kappa shape index (κ2) is 3.82. The highest BCUT2D eigenvalue weighted by Gasteiger charge is 2.50. The van der Waals surface area contributed by atoms with Gasteiger partial charge in [0.05, 0.1) is 0 Å². The molecule has 0 aromatic carbocycles. The van der Waals surface area contributed by atoms with E-state index in [1.807, 2.05) is 0 Å². The Bertz CT molecular complexity index is 198. The van der Waals surface area contributed by atoms with Crippen LogP contribution >= 0.6 is 0 Å². The smallest absolute Gasteiger partial charge is 0.0439 e. The van der Waals surface area contributed by atoms with Crippen molar-refractivity contribution in [2.45, 2.75) is 71.4 Å². The summed E-state index contributed by atoms with van der Waals surface area (Å²) in [6.45, 7) is 10.8. The van der Waals surface area contributed by atoms with Crippen LogP contribution in [0.15, 0.2) is 0 Å². The normalized spacial score (nSPS) is 30.9. The fraction of sp³-hybridized carbons (Fsp3) is 1.00. The molecular formula is C12H25NO. The van der Waals surface area contributed by atoms with E-state index in [0.29, 0.717) is 5.92 Å². The summed E-state index contributed by atoms with van der Waals surface area (Å²) in [6.07, 6.45) is 4.87. The summed E-state index contributed by atoms with van der Waals surface area (Å²) in [7, 11) is 0. The van der Waals surface area contributed by atoms with Crippen LogP contribution in [0, 0.1) is 5.92 Å². The predicted molar refractivity (Wildman–Crippen MR) is 59.4 cm³/mol. The highest BCUT2D eigenvalue weighted by Crippen LogP contribution is 2.45. The third kappa shape index (κ3) is 1.96. The summed E-state index contributed by atoms with van der Waals surface area (Å²) < 4.78 is 0. The molecule has 1 heterocycles. The standard InChI is InChI=1S/C12H25NO/c1-6-7-8-10-9-11(2,3)13(14)12(10,4)5/h10,14H,6-9H2,1-5H3. The summed E-state index contributed by atoms with van der Waals surface area (Å²) in [5.41, 5.74) is -0.111. The van der Waals surface area contributed by atoms with Gasteiger partial charge in [-0.05, 0) is 46.5 Å². The highest BCUT2D eigenvalue weighted by molar-refractivity contribution is 5.01. The summed E-state index contributed by atoms with van der Waals surface area (Å²) in [6, 6.07) is 0. The van der Waals surface area contributed by atoms with E-state index in [9.17, 15) is 5.21 Å². The minimum absolute atomic E-state index is 0.0537. The van der Waals surface area contributed by atoms with Crippen LogP contribution in [0.3, 0.4) is 0 Å². The molecule has 14 heavy (non-hydrogen) atoms. The minimum atomic E-state index is -0.0569. The maximum atomic E-state index is 10.1. The second-order valence-corrected chi connectivity index (χ2v) is 5.82. The van der Waals surface area contributed by atoms with Crippen LogP contribution in [0.4, 0.5) is 0 Å². The predicted octanol–water partition coefficient (Wildman–Crippen LogP) is 3.44. The van der Waals surface area contributed by atoms with Crippen molar-refractivity contribution in [1.82, 2.24) is 5.06 Å². The van der Waals surface area contributed by atoms with E-state index in [2.05, 4.69) is 34.6 Å². The molecule has 0 bridgehead atoms. The van der Waals surface area contributed by atoms with E-state index >= 15 is 0 Å². The number of unbranched alkanes of at least 4 members (excludes halogenated alkanes) is 1. The fourth-order valence-electron chi connectivity index (χ4n) is 2.80. The third-order valence-electron chi connectivity index (χ3n) is 3.77. The van der Waals surface area contributed by atoms with Crippen LogP contribution in [-0.4, -0.2) is 21.3 Å². The van der Waals surface area contributed by atoms with Crippen molar-refractivity contribution in [3.05, 3.63) is 0 Å². The van der Waals surface area contributed by atoms with Gasteiger partial charge in [0.15, 0.2) is 0 Å². The molecule has 2 heteroatoms. The molecule has 0 saturated carbocycles. The van der Waals surface area contributed by atoms with Gasteiger partial charge in [0.2, 0.25) is 0 Å². The van der Waals surface area contributed by atoms with Crippen molar-refractivity contribution in [2.24, 2.45) is 5.92 Å². The van der Waals surface area contributed by atoms with Crippen LogP contribution in [-0.2, 0) is 0 Å². The molecule has 2 nitrogen and oxygen atoms in total. The Hall–Kier alpha value is -0.0800. The number of rotatable bonds is 3. The number of nitrogens with zero attached hydrogens (tertiary/aromatic N) is 1. The van der Waals surface area contributed by atoms with Crippen molar-refractivity contribution < 1.29 is 5.21 Å². The van der Waals surface area contributed by atoms with E-state index in [1.54, 1.807) is 5.06 Å². The molecule has 84 valence electrons. The van der Waals surface area contributed by atoms with Crippen molar-refractivity contribution in [3.63, 3.8) is 0 Å². The SMILES string of the molecule is CCCCC1CC(C)(C)N(O)C1(C)C. The Morgan fingerprint density at radius 2 is 1.86 bits per heavy atom. The monoisotopic (exact) mass is 199 g/mol. The zero-order chi connectivity index (χ0) is 11.0. The first-order valence-corrected chi connectivity index (χ1v) is 5.81. The minimum Gasteiger partial charge on any atom is -0.313 e. The van der Waals surface area contributed by atoms with Crippen molar-refractivity contribution in [2.75, 3.05) is 0 Å². The summed E-state index contributed by atoms with van der Waals surface area (Å²) in [5, 5.41) is 11.7. The number of hydrogen-bond donors (Lipinski definition) is 1. The first-order valence-electron chi connectivity index (χ1n) is 5.81. The van der Waals surface area contributed by atoms with Gasteiger partial charge in [-0.2, -0.15) is 5.06 Å². The topological polar surface area (TPSA) is 23.5 Å². The molecule has 1 atom stereocenters. The lowest BCUT2D eigenvalue weighted by Gasteiger charge is -2.36. The van der Waals surface area contributed by atoms with Crippen molar-refractivity contribution in [3.8, 4) is 0 Å². The maximum Gasteiger partial charge on any atom is 0.0439 e. The molecule has 1 fully saturated rings. The molecule has 0 aromatic heterocycles. The van der Waals surface area contributed by atoms with Crippen LogP contribution < -0.4 is 0 Å². The number of hydroxylamine groups is 2. The van der Waals surface area contributed by atoms with Gasteiger partial charge in [0, 0.05) is 11.1 Å². The van der Waals surface area contributed by atoms with Gasteiger partial charge < -0.3 is 5.21 Å². The molecule has 0 spiro atoms. The second-order valence-electron chi connectivity index (χ2n) is 5.82. The van der Waals surface area contributed by atoms with Gasteiger partial charge in [0.1, 0.15) is 0 Å². The lowest BCUT2D eigenvalue weighted by Crippen LogP contribution is -2.47. The van der Waals surface area contributed by atoms with E-state index < -0.39 is 0 Å². The molecular weight excluding hydrogens is 174 g/mol. The fourth-order valence-corrected chi connectivity index (χ4v) is 2.80. The van der Waals surface area contributed by atoms with Crippen LogP contribution in [0.5, 0.6) is 0 Å². The van der Waals surface area contributed by atoms with Gasteiger partial charge in [-0.1, -0.05) is 19.8 Å². The summed E-state index contributed by atoms with van der Waals surface area (Å²) in [4.78, 5) is 0. The molecule has 1 rings (SSSR count). The number of hydrogen-bond acceptors (Lipinski definition) is 2. The molecule has 1 aliphatic rings. The first kappa shape index (κ1) is 12.0. The van der Waals surface area contributed by atoms with E-state index in [-0.39, 0.29) is 11.1 Å². The van der Waals surface area contributed by atoms with Crippen LogP contribution in [0.2, 0.25) is 0 Å². The van der Waals surface area contributed by atoms with Crippen LogP contribution in [0.25, 0.3) is 0 Å². The summed E-state index contributed by atoms with van der Waals surface area (Å²) >= 11 is 0. The Labute approximate surface area is 88.3 Å². The van der Waals surface area contributed by atoms with Gasteiger partial charge >= 0.3 is 0 Å². The lowest BCUT2D eigenvalue weighted by atomic mass is 9.83. The van der Waals surface area contributed by atoms with Crippen molar-refractivity contribution >= 4 is 0 Å². The van der Waals surface area contributed by atoms with Gasteiger partial charge in [0.25, 0.3) is 0 Å². The Morgan fingerprint density at radius 3 is 2.21 bits per heavy atom. The van der Waals surface area contributed by atoms with Gasteiger partial charge in [-0.15, -0.1) is 0 Å². The molecule has 0 aromatic rings. The van der Waals surface area contributed by atoms with Crippen molar-refractivity contribution in [1.29, 1.82) is 0 Å². The molecule has 0 aliphatic carbocycles. The lowest BCUT2D eigenvalue weighted by molar-refractivity contribution is -0.197.